The zero-order chi connectivity index (χ0) is 23.2. The first-order chi connectivity index (χ1) is 16.0. The highest BCUT2D eigenvalue weighted by Crippen LogP contribution is 2.21. The SMILES string of the molecule is Cc1ccc(N2CCCN(C(C)Cc3ccc(N4CCCN(C(C)C)CC4)cc3)CC2)cc1. The van der Waals surface area contributed by atoms with E-state index in [-0.39, 0.29) is 0 Å². The minimum absolute atomic E-state index is 0.576. The standard InChI is InChI=1S/C29H44N4/c1-24(2)30-15-5-17-32(21-19-30)29-13-9-27(10-14-29)23-26(4)31-16-6-18-33(22-20-31)28-11-7-25(3)8-12-28/h7-14,24,26H,5-6,15-23H2,1-4H3. The fourth-order valence-corrected chi connectivity index (χ4v) is 5.42. The number of aryl methyl sites for hydroxylation is 1. The molecular formula is C29H44N4. The van der Waals surface area contributed by atoms with Crippen LogP contribution in [-0.4, -0.2) is 74.2 Å². The van der Waals surface area contributed by atoms with Gasteiger partial charge in [0.1, 0.15) is 0 Å². The van der Waals surface area contributed by atoms with Gasteiger partial charge in [0.25, 0.3) is 0 Å². The van der Waals surface area contributed by atoms with Crippen molar-refractivity contribution in [2.24, 2.45) is 0 Å². The van der Waals surface area contributed by atoms with Gasteiger partial charge in [-0.1, -0.05) is 29.8 Å². The van der Waals surface area contributed by atoms with Gasteiger partial charge in [0.05, 0.1) is 0 Å². The molecule has 0 N–H and O–H groups in total. The number of rotatable bonds is 6. The van der Waals surface area contributed by atoms with Crippen LogP contribution in [0.3, 0.4) is 0 Å². The molecule has 2 saturated heterocycles. The van der Waals surface area contributed by atoms with Crippen LogP contribution in [0.2, 0.25) is 0 Å². The summed E-state index contributed by atoms with van der Waals surface area (Å²) in [7, 11) is 0. The predicted octanol–water partition coefficient (Wildman–Crippen LogP) is 5.06. The molecule has 1 unspecified atom stereocenters. The summed E-state index contributed by atoms with van der Waals surface area (Å²) in [5.41, 5.74) is 5.56. The van der Waals surface area contributed by atoms with Gasteiger partial charge >= 0.3 is 0 Å². The van der Waals surface area contributed by atoms with E-state index in [1.807, 2.05) is 0 Å². The molecular weight excluding hydrogens is 404 g/mol. The van der Waals surface area contributed by atoms with E-state index in [0.29, 0.717) is 12.1 Å². The van der Waals surface area contributed by atoms with Crippen LogP contribution in [0.5, 0.6) is 0 Å². The molecule has 2 aromatic carbocycles. The van der Waals surface area contributed by atoms with Gasteiger partial charge in [0.2, 0.25) is 0 Å². The van der Waals surface area contributed by atoms with E-state index in [4.69, 9.17) is 0 Å². The topological polar surface area (TPSA) is 13.0 Å². The summed E-state index contributed by atoms with van der Waals surface area (Å²) in [6, 6.07) is 19.7. The van der Waals surface area contributed by atoms with Crippen molar-refractivity contribution >= 4 is 11.4 Å². The first-order valence-electron chi connectivity index (χ1n) is 13.1. The van der Waals surface area contributed by atoms with Gasteiger partial charge in [0.15, 0.2) is 0 Å². The third-order valence-corrected chi connectivity index (χ3v) is 7.65. The number of nitrogens with zero attached hydrogens (tertiary/aromatic N) is 4. The van der Waals surface area contributed by atoms with Crippen LogP contribution < -0.4 is 9.80 Å². The lowest BCUT2D eigenvalue weighted by Crippen LogP contribution is -2.38. The summed E-state index contributed by atoms with van der Waals surface area (Å²) < 4.78 is 0. The Kier molecular flexibility index (Phi) is 8.32. The maximum Gasteiger partial charge on any atom is 0.0366 e. The van der Waals surface area contributed by atoms with Crippen molar-refractivity contribution in [3.63, 3.8) is 0 Å². The highest BCUT2D eigenvalue weighted by Gasteiger charge is 2.20. The van der Waals surface area contributed by atoms with Crippen molar-refractivity contribution < 1.29 is 0 Å². The molecule has 0 radical (unpaired) electrons. The summed E-state index contributed by atoms with van der Waals surface area (Å²) in [5, 5.41) is 0. The molecule has 33 heavy (non-hydrogen) atoms. The highest BCUT2D eigenvalue weighted by atomic mass is 15.2. The lowest BCUT2D eigenvalue weighted by molar-refractivity contribution is 0.222. The molecule has 180 valence electrons. The molecule has 0 aliphatic carbocycles. The van der Waals surface area contributed by atoms with Crippen LogP contribution in [0, 0.1) is 6.92 Å². The van der Waals surface area contributed by atoms with E-state index in [0.717, 1.165) is 32.6 Å². The van der Waals surface area contributed by atoms with Crippen molar-refractivity contribution in [2.75, 3.05) is 62.2 Å². The molecule has 2 aliphatic rings. The Balaban J connectivity index is 1.29. The molecule has 4 rings (SSSR count). The van der Waals surface area contributed by atoms with Crippen LogP contribution in [0.15, 0.2) is 48.5 Å². The fourth-order valence-electron chi connectivity index (χ4n) is 5.42. The second kappa shape index (κ2) is 11.4. The smallest absolute Gasteiger partial charge is 0.0366 e. The van der Waals surface area contributed by atoms with Crippen LogP contribution in [0.1, 0.15) is 44.7 Å². The van der Waals surface area contributed by atoms with E-state index in [2.05, 4.69) is 95.8 Å². The lowest BCUT2D eigenvalue weighted by atomic mass is 10.0. The van der Waals surface area contributed by atoms with Gasteiger partial charge in [-0.05, 0) is 76.8 Å². The fraction of sp³-hybridized carbons (Fsp3) is 0.586. The van der Waals surface area contributed by atoms with Crippen LogP contribution in [0.25, 0.3) is 0 Å². The van der Waals surface area contributed by atoms with Crippen molar-refractivity contribution in [2.45, 2.75) is 59.0 Å². The maximum atomic E-state index is 2.69. The van der Waals surface area contributed by atoms with Crippen molar-refractivity contribution in [3.05, 3.63) is 59.7 Å². The Hall–Kier alpha value is -2.04. The third-order valence-electron chi connectivity index (χ3n) is 7.65. The molecule has 0 spiro atoms. The molecule has 0 amide bonds. The second-order valence-corrected chi connectivity index (χ2v) is 10.4. The Morgan fingerprint density at radius 2 is 1.12 bits per heavy atom. The molecule has 1 atom stereocenters. The maximum absolute atomic E-state index is 2.69. The average Bonchev–Trinajstić information content (AvgIpc) is 3.22. The van der Waals surface area contributed by atoms with E-state index in [1.54, 1.807) is 0 Å². The summed E-state index contributed by atoms with van der Waals surface area (Å²) in [6.07, 6.45) is 3.62. The quantitative estimate of drug-likeness (QED) is 0.612. The van der Waals surface area contributed by atoms with Crippen molar-refractivity contribution in [3.8, 4) is 0 Å². The molecule has 4 heteroatoms. The Morgan fingerprint density at radius 3 is 1.70 bits per heavy atom. The normalized spacial score (nSPS) is 20.0. The second-order valence-electron chi connectivity index (χ2n) is 10.4. The molecule has 0 aromatic heterocycles. The molecule has 2 aliphatic heterocycles. The molecule has 4 nitrogen and oxygen atoms in total. The van der Waals surface area contributed by atoms with Gasteiger partial charge in [-0.3, -0.25) is 9.80 Å². The van der Waals surface area contributed by atoms with Crippen LogP contribution in [-0.2, 0) is 6.42 Å². The molecule has 0 saturated carbocycles. The minimum Gasteiger partial charge on any atom is -0.370 e. The zero-order valence-corrected chi connectivity index (χ0v) is 21.3. The summed E-state index contributed by atoms with van der Waals surface area (Å²) in [6.45, 7) is 18.5. The lowest BCUT2D eigenvalue weighted by Gasteiger charge is -2.29. The molecule has 0 bridgehead atoms. The zero-order valence-electron chi connectivity index (χ0n) is 21.3. The molecule has 2 heterocycles. The van der Waals surface area contributed by atoms with Crippen LogP contribution >= 0.6 is 0 Å². The van der Waals surface area contributed by atoms with Gasteiger partial charge < -0.3 is 9.80 Å². The molecule has 2 fully saturated rings. The van der Waals surface area contributed by atoms with Crippen molar-refractivity contribution in [1.82, 2.24) is 9.80 Å². The number of hydrogen-bond acceptors (Lipinski definition) is 4. The predicted molar refractivity (Wildman–Crippen MR) is 143 cm³/mol. The van der Waals surface area contributed by atoms with Gasteiger partial charge in [0, 0.05) is 75.8 Å². The average molecular weight is 449 g/mol. The van der Waals surface area contributed by atoms with Gasteiger partial charge in [-0.25, -0.2) is 0 Å². The van der Waals surface area contributed by atoms with E-state index < -0.39 is 0 Å². The Labute approximate surface area is 202 Å². The highest BCUT2D eigenvalue weighted by molar-refractivity contribution is 5.48. The van der Waals surface area contributed by atoms with Crippen LogP contribution in [0.4, 0.5) is 11.4 Å². The van der Waals surface area contributed by atoms with E-state index in [9.17, 15) is 0 Å². The first-order valence-corrected chi connectivity index (χ1v) is 13.1. The summed E-state index contributed by atoms with van der Waals surface area (Å²) >= 11 is 0. The number of benzene rings is 2. The number of anilines is 2. The molecule has 2 aromatic rings. The summed E-state index contributed by atoms with van der Waals surface area (Å²) in [5.74, 6) is 0. The number of hydrogen-bond donors (Lipinski definition) is 0. The van der Waals surface area contributed by atoms with Gasteiger partial charge in [-0.2, -0.15) is 0 Å². The Bertz CT molecular complexity index is 845. The van der Waals surface area contributed by atoms with E-state index >= 15 is 0 Å². The van der Waals surface area contributed by atoms with E-state index in [1.165, 1.54) is 61.5 Å². The first kappa shape index (κ1) is 24.1. The van der Waals surface area contributed by atoms with Crippen molar-refractivity contribution in [1.29, 1.82) is 0 Å². The largest absolute Gasteiger partial charge is 0.370 e. The summed E-state index contributed by atoms with van der Waals surface area (Å²) in [4.78, 5) is 10.4. The Morgan fingerprint density at radius 1 is 0.606 bits per heavy atom. The third kappa shape index (κ3) is 6.51. The minimum atomic E-state index is 0.576. The monoisotopic (exact) mass is 448 g/mol. The van der Waals surface area contributed by atoms with Gasteiger partial charge in [-0.15, -0.1) is 0 Å².